The van der Waals surface area contributed by atoms with E-state index in [1.165, 1.54) is 70.6 Å². The van der Waals surface area contributed by atoms with Crippen LogP contribution < -0.4 is 0 Å². The van der Waals surface area contributed by atoms with Crippen LogP contribution in [0.3, 0.4) is 0 Å². The van der Waals surface area contributed by atoms with E-state index in [-0.39, 0.29) is 13.0 Å². The fourth-order valence-corrected chi connectivity index (χ4v) is 8.56. The van der Waals surface area contributed by atoms with Gasteiger partial charge in [0.05, 0.1) is 13.2 Å². The van der Waals surface area contributed by atoms with E-state index in [4.69, 9.17) is 18.5 Å². The smallest absolute Gasteiger partial charge is 0.457 e. The summed E-state index contributed by atoms with van der Waals surface area (Å²) in [5.74, 6) is -0.504. The lowest BCUT2D eigenvalue weighted by atomic mass is 9.85. The second kappa shape index (κ2) is 44.5. The van der Waals surface area contributed by atoms with Crippen molar-refractivity contribution in [2.45, 2.75) is 236 Å². The summed E-state index contributed by atoms with van der Waals surface area (Å²) in [5, 5.41) is 50.3. The third-order valence-corrected chi connectivity index (χ3v) is 12.7. The van der Waals surface area contributed by atoms with Crippen LogP contribution in [-0.4, -0.2) is 98.9 Å². The van der Waals surface area contributed by atoms with Gasteiger partial charge in [0.15, 0.2) is 0 Å². The number of ether oxygens (including phenoxy) is 2. The molecule has 1 fully saturated rings. The molecule has 0 aromatic carbocycles. The van der Waals surface area contributed by atoms with Gasteiger partial charge in [-0.1, -0.05) is 182 Å². The van der Waals surface area contributed by atoms with Gasteiger partial charge in [0, 0.05) is 13.0 Å². The molecular weight excluding hydrogens is 884 g/mol. The highest BCUT2D eigenvalue weighted by atomic mass is 31.2. The molecule has 13 heteroatoms. The van der Waals surface area contributed by atoms with Crippen molar-refractivity contribution < 1.29 is 58.3 Å². The summed E-state index contributed by atoms with van der Waals surface area (Å²) in [4.78, 5) is 23.3. The third kappa shape index (κ3) is 35.6. The third-order valence-electron chi connectivity index (χ3n) is 11.8. The molecule has 392 valence electrons. The molecular formula is C55H95O12P. The predicted octanol–water partition coefficient (Wildman–Crippen LogP) is 12.1. The number of phosphoric acid groups is 1. The van der Waals surface area contributed by atoms with Gasteiger partial charge in [-0.3, -0.25) is 13.8 Å². The summed E-state index contributed by atoms with van der Waals surface area (Å²) in [6.45, 7) is 4.11. The molecule has 12 nitrogen and oxygen atoms in total. The molecule has 0 heterocycles. The standard InChI is InChI=1S/C55H95O12P/c1-3-5-7-9-11-13-15-17-19-21-23-24-25-26-27-28-30-32-34-36-38-40-42-44-49(56)66-48(47-65-68(62,63)67-55-53(60)51(58)50(57)52(59)54(55)61)46-64-45-43-41-39-37-35-33-31-29-22-20-18-16-14-12-10-8-6-4-2/h5,7,11,13,17-20,23-24,26-27,30,32,48,50-55,57-61H,3-4,6,8-10,12,14-16,21-22,25,28-29,31,33-47H2,1-2H3,(H,62,63)/b7-5-,13-11-,19-17-,20-18-,24-23-,27-26-,32-30-. The molecule has 1 aliphatic rings. The Morgan fingerprint density at radius 1 is 0.485 bits per heavy atom. The molecule has 0 spiro atoms. The highest BCUT2D eigenvalue weighted by Crippen LogP contribution is 2.47. The van der Waals surface area contributed by atoms with Crippen LogP contribution in [0.2, 0.25) is 0 Å². The first kappa shape index (κ1) is 63.5. The maximum absolute atomic E-state index is 12.9. The zero-order valence-electron chi connectivity index (χ0n) is 42.1. The first-order valence-corrected chi connectivity index (χ1v) is 27.9. The van der Waals surface area contributed by atoms with Gasteiger partial charge in [0.1, 0.15) is 42.7 Å². The molecule has 0 radical (unpaired) electrons. The number of carbonyl (C=O) groups excluding carboxylic acids is 1. The Balaban J connectivity index is 2.37. The lowest BCUT2D eigenvalue weighted by molar-refractivity contribution is -0.220. The van der Waals surface area contributed by atoms with Gasteiger partial charge in [-0.25, -0.2) is 4.57 Å². The van der Waals surface area contributed by atoms with Gasteiger partial charge >= 0.3 is 13.8 Å². The summed E-state index contributed by atoms with van der Waals surface area (Å²) in [5.41, 5.74) is 0. The van der Waals surface area contributed by atoms with Crippen LogP contribution in [0, 0.1) is 0 Å². The van der Waals surface area contributed by atoms with Crippen molar-refractivity contribution in [1.29, 1.82) is 0 Å². The van der Waals surface area contributed by atoms with E-state index < -0.39 is 63.1 Å². The fourth-order valence-electron chi connectivity index (χ4n) is 7.59. The lowest BCUT2D eigenvalue weighted by Gasteiger charge is -2.41. The van der Waals surface area contributed by atoms with Crippen LogP contribution in [-0.2, 0) is 27.9 Å². The zero-order chi connectivity index (χ0) is 49.8. The number of allylic oxidation sites excluding steroid dienone is 14. The lowest BCUT2D eigenvalue weighted by Crippen LogP contribution is -2.64. The van der Waals surface area contributed by atoms with Crippen molar-refractivity contribution in [2.24, 2.45) is 0 Å². The normalized spacial score (nSPS) is 21.8. The Hall–Kier alpha value is -2.48. The van der Waals surface area contributed by atoms with Crippen molar-refractivity contribution in [1.82, 2.24) is 0 Å². The second-order valence-electron chi connectivity index (χ2n) is 18.0. The number of unbranched alkanes of at least 4 members (excludes halogenated alkanes) is 18. The number of phosphoric ester groups is 1. The Labute approximate surface area is 412 Å². The van der Waals surface area contributed by atoms with Crippen LogP contribution in [0.25, 0.3) is 0 Å². The van der Waals surface area contributed by atoms with Crippen LogP contribution >= 0.6 is 7.82 Å². The van der Waals surface area contributed by atoms with Crippen molar-refractivity contribution in [3.05, 3.63) is 85.1 Å². The van der Waals surface area contributed by atoms with E-state index in [1.54, 1.807) is 0 Å². The number of esters is 1. The van der Waals surface area contributed by atoms with Crippen LogP contribution in [0.15, 0.2) is 85.1 Å². The summed E-state index contributed by atoms with van der Waals surface area (Å²) in [7, 11) is -5.04. The number of hydrogen-bond acceptors (Lipinski definition) is 11. The molecule has 0 aromatic heterocycles. The topological polar surface area (TPSA) is 192 Å². The molecule has 68 heavy (non-hydrogen) atoms. The molecule has 6 atom stereocenters. The Morgan fingerprint density at radius 3 is 1.34 bits per heavy atom. The highest BCUT2D eigenvalue weighted by molar-refractivity contribution is 7.47. The molecule has 0 aliphatic heterocycles. The fraction of sp³-hybridized carbons (Fsp3) is 0.727. The highest BCUT2D eigenvalue weighted by Gasteiger charge is 2.51. The molecule has 6 unspecified atom stereocenters. The number of aliphatic hydroxyl groups is 5. The average Bonchev–Trinajstić information content (AvgIpc) is 3.32. The van der Waals surface area contributed by atoms with E-state index in [9.17, 15) is 39.8 Å². The molecule has 0 aromatic rings. The second-order valence-corrected chi connectivity index (χ2v) is 19.4. The monoisotopic (exact) mass is 979 g/mol. The molecule has 6 N–H and O–H groups in total. The van der Waals surface area contributed by atoms with Crippen LogP contribution in [0.5, 0.6) is 0 Å². The predicted molar refractivity (Wildman–Crippen MR) is 276 cm³/mol. The van der Waals surface area contributed by atoms with Gasteiger partial charge in [0.2, 0.25) is 0 Å². The molecule has 0 bridgehead atoms. The average molecular weight is 979 g/mol. The number of hydrogen-bond donors (Lipinski definition) is 6. The minimum absolute atomic E-state index is 0.0938. The first-order valence-electron chi connectivity index (χ1n) is 26.4. The zero-order valence-corrected chi connectivity index (χ0v) is 43.0. The Morgan fingerprint density at radius 2 is 0.868 bits per heavy atom. The van der Waals surface area contributed by atoms with Crippen molar-refractivity contribution >= 4 is 13.8 Å². The van der Waals surface area contributed by atoms with Crippen LogP contribution in [0.4, 0.5) is 0 Å². The molecule has 0 amide bonds. The minimum atomic E-state index is -5.04. The molecule has 1 saturated carbocycles. The molecule has 1 aliphatic carbocycles. The minimum Gasteiger partial charge on any atom is -0.457 e. The largest absolute Gasteiger partial charge is 0.472 e. The maximum Gasteiger partial charge on any atom is 0.472 e. The van der Waals surface area contributed by atoms with Gasteiger partial charge in [0.25, 0.3) is 0 Å². The van der Waals surface area contributed by atoms with Gasteiger partial charge in [-0.05, 0) is 89.9 Å². The van der Waals surface area contributed by atoms with E-state index in [0.29, 0.717) is 13.0 Å². The van der Waals surface area contributed by atoms with E-state index in [2.05, 4.69) is 98.9 Å². The first-order chi connectivity index (χ1) is 33.0. The van der Waals surface area contributed by atoms with E-state index in [0.717, 1.165) is 96.3 Å². The number of aliphatic hydroxyl groups excluding tert-OH is 5. The van der Waals surface area contributed by atoms with E-state index >= 15 is 0 Å². The molecule has 1 rings (SSSR count). The SMILES string of the molecule is CC/C=C\C/C=C\C/C=C\C/C=C\C/C=C\C/C=C\CCCCCCC(=O)OC(COCCCCCCCCCC/C=C\CCCCCCCC)COP(=O)(O)OC1C(O)C(O)C(O)C(O)C1O. The summed E-state index contributed by atoms with van der Waals surface area (Å²) >= 11 is 0. The van der Waals surface area contributed by atoms with Gasteiger partial charge < -0.3 is 39.9 Å². The van der Waals surface area contributed by atoms with Gasteiger partial charge in [-0.15, -0.1) is 0 Å². The van der Waals surface area contributed by atoms with Crippen molar-refractivity contribution in [3.63, 3.8) is 0 Å². The Kier molecular flexibility index (Phi) is 41.5. The maximum atomic E-state index is 12.9. The van der Waals surface area contributed by atoms with Crippen molar-refractivity contribution in [3.8, 4) is 0 Å². The summed E-state index contributed by atoms with van der Waals surface area (Å²) in [6.07, 6.45) is 47.8. The van der Waals surface area contributed by atoms with E-state index in [1.807, 2.05) is 0 Å². The number of rotatable bonds is 44. The Bertz CT molecular complexity index is 1440. The summed E-state index contributed by atoms with van der Waals surface area (Å²) < 4.78 is 34.3. The van der Waals surface area contributed by atoms with Gasteiger partial charge in [-0.2, -0.15) is 0 Å². The summed E-state index contributed by atoms with van der Waals surface area (Å²) in [6, 6.07) is 0. The molecule has 0 saturated heterocycles. The quantitative estimate of drug-likeness (QED) is 0.0147. The number of carbonyl (C=O) groups is 1. The van der Waals surface area contributed by atoms with Crippen molar-refractivity contribution in [2.75, 3.05) is 19.8 Å². The van der Waals surface area contributed by atoms with Crippen LogP contribution in [0.1, 0.15) is 194 Å².